The van der Waals surface area contributed by atoms with Gasteiger partial charge >= 0.3 is 0 Å². The van der Waals surface area contributed by atoms with Gasteiger partial charge in [0.1, 0.15) is 5.52 Å². The van der Waals surface area contributed by atoms with Crippen LogP contribution in [-0.4, -0.2) is 20.2 Å². The van der Waals surface area contributed by atoms with Gasteiger partial charge in [0.2, 0.25) is 0 Å². The smallest absolute Gasteiger partial charge is 0.200 e. The molecule has 0 aromatic carbocycles. The molecule has 2 heterocycles. The van der Waals surface area contributed by atoms with Crippen molar-refractivity contribution in [3.8, 4) is 0 Å². The maximum absolute atomic E-state index is 4.49. The largest absolute Gasteiger partial charge is 0.234 e. The molecule has 0 saturated heterocycles. The van der Waals surface area contributed by atoms with E-state index in [0.29, 0.717) is 5.65 Å². The van der Waals surface area contributed by atoms with Gasteiger partial charge in [0.05, 0.1) is 0 Å². The summed E-state index contributed by atoms with van der Waals surface area (Å²) >= 11 is 0. The van der Waals surface area contributed by atoms with Crippen molar-refractivity contribution in [3.63, 3.8) is 0 Å². The summed E-state index contributed by atoms with van der Waals surface area (Å²) in [6, 6.07) is 3.82. The predicted molar refractivity (Wildman–Crippen MR) is 76.8 cm³/mol. The summed E-state index contributed by atoms with van der Waals surface area (Å²) in [6.07, 6.45) is 11.8. The highest BCUT2D eigenvalue weighted by Crippen LogP contribution is 2.09. The molecule has 4 nitrogen and oxygen atoms in total. The third-order valence-corrected chi connectivity index (χ3v) is 3.28. The Labute approximate surface area is 114 Å². The third kappa shape index (κ3) is 4.54. The predicted octanol–water partition coefficient (Wildman–Crippen LogP) is 3.71. The Hall–Kier alpha value is -1.58. The van der Waals surface area contributed by atoms with Crippen molar-refractivity contribution in [2.45, 2.75) is 58.3 Å². The Morgan fingerprint density at radius 1 is 0.947 bits per heavy atom. The van der Waals surface area contributed by atoms with Crippen molar-refractivity contribution >= 4 is 11.2 Å². The van der Waals surface area contributed by atoms with Gasteiger partial charge < -0.3 is 0 Å². The molecule has 0 radical (unpaired) electrons. The highest BCUT2D eigenvalue weighted by atomic mass is 15.2. The lowest BCUT2D eigenvalue weighted by Gasteiger charge is -2.01. The van der Waals surface area contributed by atoms with E-state index in [4.69, 9.17) is 0 Å². The molecular weight excluding hydrogens is 236 g/mol. The first-order valence-electron chi connectivity index (χ1n) is 7.34. The van der Waals surface area contributed by atoms with Gasteiger partial charge in [0, 0.05) is 12.6 Å². The van der Waals surface area contributed by atoms with Crippen molar-refractivity contribution in [1.29, 1.82) is 0 Å². The summed E-state index contributed by atoms with van der Waals surface area (Å²) in [6.45, 7) is 2.25. The highest BCUT2D eigenvalue weighted by Gasteiger charge is 2.01. The molecule has 0 bridgehead atoms. The monoisotopic (exact) mass is 258 g/mol. The zero-order valence-corrected chi connectivity index (χ0v) is 11.7. The molecule has 0 spiro atoms. The molecule has 0 unspecified atom stereocenters. The Morgan fingerprint density at radius 3 is 2.58 bits per heavy atom. The fourth-order valence-electron chi connectivity index (χ4n) is 2.17. The molecule has 0 atom stereocenters. The van der Waals surface area contributed by atoms with E-state index in [9.17, 15) is 0 Å². The number of unbranched alkanes of at least 4 members (excludes halogenated alkanes) is 6. The van der Waals surface area contributed by atoms with Crippen molar-refractivity contribution in [3.05, 3.63) is 24.2 Å². The molecule has 4 heteroatoms. The number of aromatic nitrogens is 4. The Bertz CT molecular complexity index is 498. The van der Waals surface area contributed by atoms with Crippen LogP contribution in [0.1, 0.15) is 57.7 Å². The molecule has 0 aliphatic rings. The van der Waals surface area contributed by atoms with E-state index >= 15 is 0 Å². The second-order valence-corrected chi connectivity index (χ2v) is 4.95. The molecule has 0 aliphatic carbocycles. The Kier molecular flexibility index (Phi) is 5.66. The summed E-state index contributed by atoms with van der Waals surface area (Å²) < 4.78 is 0. The number of hydrogen-bond acceptors (Lipinski definition) is 4. The zero-order valence-electron chi connectivity index (χ0n) is 11.7. The molecule has 2 aromatic rings. The lowest BCUT2D eigenvalue weighted by Crippen LogP contribution is -1.99. The first-order valence-corrected chi connectivity index (χ1v) is 7.34. The summed E-state index contributed by atoms with van der Waals surface area (Å²) in [7, 11) is 0. The number of nitrogens with zero attached hydrogens (tertiary/aromatic N) is 4. The van der Waals surface area contributed by atoms with Gasteiger partial charge in [-0.2, -0.15) is 0 Å². The topological polar surface area (TPSA) is 51.6 Å². The van der Waals surface area contributed by atoms with E-state index < -0.39 is 0 Å². The fraction of sp³-hybridized carbons (Fsp3) is 0.600. The van der Waals surface area contributed by atoms with E-state index in [-0.39, 0.29) is 0 Å². The molecule has 0 saturated carbocycles. The van der Waals surface area contributed by atoms with E-state index in [2.05, 4.69) is 27.1 Å². The molecule has 2 rings (SSSR count). The van der Waals surface area contributed by atoms with Crippen LogP contribution in [0.25, 0.3) is 11.2 Å². The maximum atomic E-state index is 4.49. The van der Waals surface area contributed by atoms with E-state index in [1.165, 1.54) is 38.5 Å². The van der Waals surface area contributed by atoms with Crippen LogP contribution in [0.4, 0.5) is 0 Å². The summed E-state index contributed by atoms with van der Waals surface area (Å²) in [5.74, 6) is 0.842. The van der Waals surface area contributed by atoms with Crippen molar-refractivity contribution in [2.24, 2.45) is 0 Å². The Morgan fingerprint density at radius 2 is 1.74 bits per heavy atom. The maximum Gasteiger partial charge on any atom is 0.200 e. The normalized spacial score (nSPS) is 11.0. The highest BCUT2D eigenvalue weighted by molar-refractivity contribution is 5.67. The molecule has 0 aliphatic heterocycles. The van der Waals surface area contributed by atoms with Crippen LogP contribution in [-0.2, 0) is 6.42 Å². The van der Waals surface area contributed by atoms with Gasteiger partial charge in [-0.05, 0) is 18.6 Å². The molecule has 0 N–H and O–H groups in total. The minimum atomic E-state index is 0.630. The van der Waals surface area contributed by atoms with Crippen molar-refractivity contribution < 1.29 is 0 Å². The number of rotatable bonds is 8. The van der Waals surface area contributed by atoms with Crippen LogP contribution in [0.15, 0.2) is 18.3 Å². The first kappa shape index (κ1) is 13.8. The lowest BCUT2D eigenvalue weighted by molar-refractivity contribution is 0.583. The lowest BCUT2D eigenvalue weighted by atomic mass is 10.1. The molecule has 19 heavy (non-hydrogen) atoms. The van der Waals surface area contributed by atoms with E-state index in [1.807, 2.05) is 12.1 Å². The first-order chi connectivity index (χ1) is 9.40. The van der Waals surface area contributed by atoms with Gasteiger partial charge in [-0.15, -0.1) is 10.2 Å². The van der Waals surface area contributed by atoms with Crippen molar-refractivity contribution in [1.82, 2.24) is 20.2 Å². The number of hydrogen-bond donors (Lipinski definition) is 0. The number of aryl methyl sites for hydroxylation is 1. The Balaban J connectivity index is 1.72. The summed E-state index contributed by atoms with van der Waals surface area (Å²) in [4.78, 5) is 8.61. The molecular formula is C15H22N4. The summed E-state index contributed by atoms with van der Waals surface area (Å²) in [5, 5.41) is 8.23. The van der Waals surface area contributed by atoms with Gasteiger partial charge in [-0.3, -0.25) is 0 Å². The summed E-state index contributed by atoms with van der Waals surface area (Å²) in [5.41, 5.74) is 1.47. The second-order valence-electron chi connectivity index (χ2n) is 4.95. The van der Waals surface area contributed by atoms with E-state index in [1.54, 1.807) is 6.20 Å². The van der Waals surface area contributed by atoms with Crippen LogP contribution in [0.2, 0.25) is 0 Å². The fourth-order valence-corrected chi connectivity index (χ4v) is 2.17. The average Bonchev–Trinajstić information content (AvgIpc) is 2.46. The van der Waals surface area contributed by atoms with Crippen LogP contribution in [0, 0.1) is 0 Å². The van der Waals surface area contributed by atoms with Crippen LogP contribution in [0.5, 0.6) is 0 Å². The van der Waals surface area contributed by atoms with Gasteiger partial charge in [0.15, 0.2) is 11.5 Å². The minimum absolute atomic E-state index is 0.630. The van der Waals surface area contributed by atoms with E-state index in [0.717, 1.165) is 24.2 Å². The van der Waals surface area contributed by atoms with Crippen LogP contribution < -0.4 is 0 Å². The molecule has 0 amide bonds. The number of pyridine rings is 1. The van der Waals surface area contributed by atoms with Crippen molar-refractivity contribution in [2.75, 3.05) is 0 Å². The van der Waals surface area contributed by atoms with Gasteiger partial charge in [-0.25, -0.2) is 9.97 Å². The number of fused-ring (bicyclic) bond motifs is 1. The van der Waals surface area contributed by atoms with Gasteiger partial charge in [0.25, 0.3) is 0 Å². The molecule has 102 valence electrons. The second kappa shape index (κ2) is 7.77. The molecule has 2 aromatic heterocycles. The SMILES string of the molecule is CCCCCCCCCc1nnc2ncccc2n1. The third-order valence-electron chi connectivity index (χ3n) is 3.28. The van der Waals surface area contributed by atoms with Gasteiger partial charge in [-0.1, -0.05) is 45.4 Å². The average molecular weight is 258 g/mol. The standard InChI is InChI=1S/C15H22N4/c1-2-3-4-5-6-7-8-11-14-17-13-10-9-12-16-15(13)19-18-14/h9-10,12H,2-8,11H2,1H3. The zero-order chi connectivity index (χ0) is 13.3. The quantitative estimate of drug-likeness (QED) is 0.677. The van der Waals surface area contributed by atoms with Crippen LogP contribution >= 0.6 is 0 Å². The minimum Gasteiger partial charge on any atom is -0.234 e. The van der Waals surface area contributed by atoms with Crippen LogP contribution in [0.3, 0.4) is 0 Å². The molecule has 0 fully saturated rings.